The zero-order valence-electron chi connectivity index (χ0n) is 8.25. The molecule has 1 aromatic rings. The molecule has 0 spiro atoms. The Labute approximate surface area is 97.0 Å². The Morgan fingerprint density at radius 3 is 2.86 bits per heavy atom. The molecule has 0 amide bonds. The molecule has 0 radical (unpaired) electrons. The first-order valence-electron chi connectivity index (χ1n) is 4.64. The molecular weight excluding hydrogens is 260 g/mol. The largest absolute Gasteiger partial charge is 0.390 e. The fraction of sp³-hybridized carbons (Fsp3) is 0.455. The lowest BCUT2D eigenvalue weighted by atomic mass is 9.86. The summed E-state index contributed by atoms with van der Waals surface area (Å²) in [6.07, 6.45) is 0. The van der Waals surface area contributed by atoms with Gasteiger partial charge in [-0.1, -0.05) is 22.0 Å². The molecule has 1 N–H and O–H groups in total. The van der Waals surface area contributed by atoms with Crippen molar-refractivity contribution < 1.29 is 5.11 Å². The maximum atomic E-state index is 10.1. The van der Waals surface area contributed by atoms with E-state index in [4.69, 9.17) is 0 Å². The summed E-state index contributed by atoms with van der Waals surface area (Å²) in [5, 5.41) is 10.1. The van der Waals surface area contributed by atoms with Gasteiger partial charge in [-0.25, -0.2) is 0 Å². The molecule has 1 heterocycles. The van der Waals surface area contributed by atoms with E-state index in [9.17, 15) is 5.11 Å². The maximum absolute atomic E-state index is 10.1. The summed E-state index contributed by atoms with van der Waals surface area (Å²) in [6.45, 7) is 3.76. The minimum absolute atomic E-state index is 0.234. The van der Waals surface area contributed by atoms with Crippen molar-refractivity contribution in [1.82, 2.24) is 0 Å². The Morgan fingerprint density at radius 1 is 1.50 bits per heavy atom. The number of fused-ring (bicyclic) bond motifs is 1. The zero-order valence-corrected chi connectivity index (χ0v) is 10.7. The Bertz CT molecular complexity index is 357. The summed E-state index contributed by atoms with van der Waals surface area (Å²) in [7, 11) is 0. The molecule has 1 atom stereocenters. The van der Waals surface area contributed by atoms with Crippen LogP contribution in [-0.2, 0) is 0 Å². The highest BCUT2D eigenvalue weighted by Gasteiger charge is 2.35. The normalized spacial score (nSPS) is 21.0. The van der Waals surface area contributed by atoms with E-state index >= 15 is 0 Å². The van der Waals surface area contributed by atoms with Gasteiger partial charge in [-0.3, -0.25) is 0 Å². The van der Waals surface area contributed by atoms with Crippen LogP contribution in [0, 0.1) is 0 Å². The fourth-order valence-electron chi connectivity index (χ4n) is 1.79. The van der Waals surface area contributed by atoms with Crippen LogP contribution in [0.4, 0.5) is 0 Å². The molecule has 1 aliphatic rings. The third kappa shape index (κ3) is 1.73. The highest BCUT2D eigenvalue weighted by atomic mass is 79.9. The van der Waals surface area contributed by atoms with Crippen LogP contribution in [-0.4, -0.2) is 16.5 Å². The average Bonchev–Trinajstić information content (AvgIpc) is 2.47. The quantitative estimate of drug-likeness (QED) is 0.846. The van der Waals surface area contributed by atoms with Gasteiger partial charge in [0.25, 0.3) is 0 Å². The topological polar surface area (TPSA) is 20.2 Å². The third-order valence-electron chi connectivity index (χ3n) is 2.62. The van der Waals surface area contributed by atoms with E-state index in [2.05, 4.69) is 22.0 Å². The standard InChI is InChI=1S/C11H13BrOS/c1-11(2,13)7-6-14-9-5-3-4-8(12)10(7)9/h3-5,7,13H,6H2,1-2H3. The zero-order chi connectivity index (χ0) is 10.3. The van der Waals surface area contributed by atoms with Crippen LogP contribution >= 0.6 is 27.7 Å². The summed E-state index contributed by atoms with van der Waals surface area (Å²) in [5.74, 6) is 1.21. The van der Waals surface area contributed by atoms with Gasteiger partial charge in [0.05, 0.1) is 5.60 Å². The Hall–Kier alpha value is 0.01000. The summed E-state index contributed by atoms with van der Waals surface area (Å²) in [5.41, 5.74) is 0.632. The van der Waals surface area contributed by atoms with Gasteiger partial charge >= 0.3 is 0 Å². The minimum Gasteiger partial charge on any atom is -0.390 e. The molecule has 76 valence electrons. The maximum Gasteiger partial charge on any atom is 0.0668 e. The highest BCUT2D eigenvalue weighted by molar-refractivity contribution is 9.10. The molecule has 1 aromatic carbocycles. The van der Waals surface area contributed by atoms with E-state index in [1.54, 1.807) is 0 Å². The molecular formula is C11H13BrOS. The smallest absolute Gasteiger partial charge is 0.0668 e. The van der Waals surface area contributed by atoms with E-state index in [0.29, 0.717) is 0 Å². The van der Waals surface area contributed by atoms with Gasteiger partial charge in [0, 0.05) is 21.0 Å². The van der Waals surface area contributed by atoms with Crippen molar-refractivity contribution in [3.05, 3.63) is 28.2 Å². The van der Waals surface area contributed by atoms with Crippen LogP contribution in [0.25, 0.3) is 0 Å². The van der Waals surface area contributed by atoms with Gasteiger partial charge in [-0.2, -0.15) is 0 Å². The van der Waals surface area contributed by atoms with Gasteiger partial charge in [0.1, 0.15) is 0 Å². The van der Waals surface area contributed by atoms with Crippen LogP contribution in [0.15, 0.2) is 27.6 Å². The van der Waals surface area contributed by atoms with Crippen LogP contribution in [0.1, 0.15) is 25.3 Å². The molecule has 1 unspecified atom stereocenters. The molecule has 3 heteroatoms. The minimum atomic E-state index is -0.637. The number of thioether (sulfide) groups is 1. The summed E-state index contributed by atoms with van der Waals surface area (Å²) in [6, 6.07) is 6.21. The summed E-state index contributed by atoms with van der Waals surface area (Å²) in [4.78, 5) is 1.30. The predicted molar refractivity (Wildman–Crippen MR) is 63.9 cm³/mol. The molecule has 0 fully saturated rings. The molecule has 0 saturated heterocycles. The van der Waals surface area contributed by atoms with Crippen molar-refractivity contribution in [3.63, 3.8) is 0 Å². The molecule has 14 heavy (non-hydrogen) atoms. The third-order valence-corrected chi connectivity index (χ3v) is 4.48. The van der Waals surface area contributed by atoms with Gasteiger partial charge in [0.15, 0.2) is 0 Å². The fourth-order valence-corrected chi connectivity index (χ4v) is 4.07. The molecule has 2 rings (SSSR count). The van der Waals surface area contributed by atoms with E-state index < -0.39 is 5.60 Å². The SMILES string of the molecule is CC(C)(O)C1CSc2cccc(Br)c21. The van der Waals surface area contributed by atoms with Gasteiger partial charge in [-0.05, 0) is 31.5 Å². The van der Waals surface area contributed by atoms with Crippen LogP contribution in [0.5, 0.6) is 0 Å². The first-order valence-corrected chi connectivity index (χ1v) is 6.41. The van der Waals surface area contributed by atoms with Crippen molar-refractivity contribution in [2.75, 3.05) is 5.75 Å². The van der Waals surface area contributed by atoms with Crippen LogP contribution in [0.2, 0.25) is 0 Å². The molecule has 0 aliphatic carbocycles. The first-order chi connectivity index (χ1) is 6.50. The molecule has 1 aliphatic heterocycles. The lowest BCUT2D eigenvalue weighted by Crippen LogP contribution is -2.29. The lowest BCUT2D eigenvalue weighted by molar-refractivity contribution is 0.0576. The molecule has 0 bridgehead atoms. The monoisotopic (exact) mass is 272 g/mol. The number of hydrogen-bond acceptors (Lipinski definition) is 2. The second kappa shape index (κ2) is 3.54. The molecule has 0 saturated carbocycles. The number of rotatable bonds is 1. The van der Waals surface area contributed by atoms with Crippen LogP contribution in [0.3, 0.4) is 0 Å². The van der Waals surface area contributed by atoms with Gasteiger partial charge in [0.2, 0.25) is 0 Å². The number of halogens is 1. The van der Waals surface area contributed by atoms with E-state index in [-0.39, 0.29) is 5.92 Å². The number of aliphatic hydroxyl groups is 1. The van der Waals surface area contributed by atoms with E-state index in [1.807, 2.05) is 37.7 Å². The lowest BCUT2D eigenvalue weighted by Gasteiger charge is -2.26. The Morgan fingerprint density at radius 2 is 2.21 bits per heavy atom. The van der Waals surface area contributed by atoms with Crippen LogP contribution < -0.4 is 0 Å². The second-order valence-corrected chi connectivity index (χ2v) is 6.09. The number of benzene rings is 1. The molecule has 1 nitrogen and oxygen atoms in total. The van der Waals surface area contributed by atoms with E-state index in [0.717, 1.165) is 10.2 Å². The van der Waals surface area contributed by atoms with Gasteiger partial charge < -0.3 is 5.11 Å². The molecule has 0 aromatic heterocycles. The second-order valence-electron chi connectivity index (χ2n) is 4.17. The van der Waals surface area contributed by atoms with Crippen molar-refractivity contribution >= 4 is 27.7 Å². The van der Waals surface area contributed by atoms with Crippen molar-refractivity contribution in [2.24, 2.45) is 0 Å². The highest BCUT2D eigenvalue weighted by Crippen LogP contribution is 2.47. The predicted octanol–water partition coefficient (Wildman–Crippen LogP) is 3.41. The number of hydrogen-bond donors (Lipinski definition) is 1. The Kier molecular flexibility index (Phi) is 2.66. The first kappa shape index (κ1) is 10.5. The van der Waals surface area contributed by atoms with E-state index in [1.165, 1.54) is 10.5 Å². The van der Waals surface area contributed by atoms with Crippen molar-refractivity contribution in [1.29, 1.82) is 0 Å². The Balaban J connectivity index is 2.48. The summed E-state index contributed by atoms with van der Waals surface area (Å²) >= 11 is 5.38. The van der Waals surface area contributed by atoms with Crippen molar-refractivity contribution in [3.8, 4) is 0 Å². The summed E-state index contributed by atoms with van der Waals surface area (Å²) < 4.78 is 1.12. The van der Waals surface area contributed by atoms with Gasteiger partial charge in [-0.15, -0.1) is 11.8 Å². The average molecular weight is 273 g/mol. The van der Waals surface area contributed by atoms with Crippen molar-refractivity contribution in [2.45, 2.75) is 30.3 Å².